The number of halogens is 1. The van der Waals surface area contributed by atoms with Crippen molar-refractivity contribution in [3.8, 4) is 0 Å². The Kier molecular flexibility index (Phi) is 2.14. The summed E-state index contributed by atoms with van der Waals surface area (Å²) >= 11 is 5.38. The summed E-state index contributed by atoms with van der Waals surface area (Å²) < 4.78 is 0. The Labute approximate surface area is 58.5 Å². The van der Waals surface area contributed by atoms with Gasteiger partial charge in [0.1, 0.15) is 0 Å². The van der Waals surface area contributed by atoms with Gasteiger partial charge in [0.15, 0.2) is 0 Å². The number of aliphatic hydroxyl groups excluding tert-OH is 1. The summed E-state index contributed by atoms with van der Waals surface area (Å²) in [7, 11) is 0. The number of alkyl halides is 1. The van der Waals surface area contributed by atoms with Crippen LogP contribution in [0.5, 0.6) is 0 Å². The minimum absolute atomic E-state index is 0.248. The minimum atomic E-state index is -0.530. The molecule has 2 N–H and O–H groups in total. The second-order valence-corrected chi connectivity index (χ2v) is 2.12. The summed E-state index contributed by atoms with van der Waals surface area (Å²) in [5.74, 6) is 0.248. The van der Waals surface area contributed by atoms with E-state index in [-0.39, 0.29) is 5.88 Å². The molecule has 9 heavy (non-hydrogen) atoms. The highest BCUT2D eigenvalue weighted by Crippen LogP contribution is 2.11. The molecule has 1 rings (SSSR count). The lowest BCUT2D eigenvalue weighted by Crippen LogP contribution is -1.95. The molecule has 1 aromatic rings. The van der Waals surface area contributed by atoms with E-state index in [2.05, 4.69) is 4.98 Å². The van der Waals surface area contributed by atoms with Gasteiger partial charge in [-0.3, -0.25) is 0 Å². The first-order valence-corrected chi connectivity index (χ1v) is 3.24. The van der Waals surface area contributed by atoms with Crippen LogP contribution in [0.3, 0.4) is 0 Å². The monoisotopic (exact) mass is 145 g/mol. The van der Waals surface area contributed by atoms with Crippen molar-refractivity contribution in [3.05, 3.63) is 24.0 Å². The largest absolute Gasteiger partial charge is 0.387 e. The van der Waals surface area contributed by atoms with Crippen LogP contribution in [-0.4, -0.2) is 16.0 Å². The molecule has 3 heteroatoms. The number of aromatic nitrogens is 1. The third-order valence-electron chi connectivity index (χ3n) is 1.15. The van der Waals surface area contributed by atoms with E-state index in [1.54, 1.807) is 18.5 Å². The number of rotatable bonds is 2. The maximum absolute atomic E-state index is 9.07. The molecule has 1 unspecified atom stereocenters. The van der Waals surface area contributed by atoms with Gasteiger partial charge >= 0.3 is 0 Å². The maximum atomic E-state index is 9.07. The van der Waals surface area contributed by atoms with E-state index in [1.807, 2.05) is 0 Å². The van der Waals surface area contributed by atoms with Crippen molar-refractivity contribution in [1.82, 2.24) is 4.98 Å². The van der Waals surface area contributed by atoms with E-state index in [9.17, 15) is 0 Å². The molecule has 2 nitrogen and oxygen atoms in total. The van der Waals surface area contributed by atoms with Gasteiger partial charge in [0.2, 0.25) is 0 Å². The SMILES string of the molecule is OC(CCl)c1cc[nH]c1. The van der Waals surface area contributed by atoms with E-state index < -0.39 is 6.10 Å². The molecule has 0 bridgehead atoms. The van der Waals surface area contributed by atoms with E-state index >= 15 is 0 Å². The van der Waals surface area contributed by atoms with Crippen LogP contribution in [0, 0.1) is 0 Å². The van der Waals surface area contributed by atoms with Crippen molar-refractivity contribution < 1.29 is 5.11 Å². The van der Waals surface area contributed by atoms with Crippen LogP contribution in [-0.2, 0) is 0 Å². The number of nitrogens with one attached hydrogen (secondary N) is 1. The lowest BCUT2D eigenvalue weighted by molar-refractivity contribution is 0.203. The number of aliphatic hydroxyl groups is 1. The molecule has 0 spiro atoms. The van der Waals surface area contributed by atoms with Crippen LogP contribution in [0.15, 0.2) is 18.5 Å². The lowest BCUT2D eigenvalue weighted by Gasteiger charge is -2.00. The first-order chi connectivity index (χ1) is 4.34. The zero-order valence-corrected chi connectivity index (χ0v) is 5.60. The van der Waals surface area contributed by atoms with Gasteiger partial charge in [-0.2, -0.15) is 0 Å². The Bertz CT molecular complexity index is 162. The maximum Gasteiger partial charge on any atom is 0.0939 e. The Balaban J connectivity index is 2.65. The Morgan fingerprint density at radius 2 is 2.56 bits per heavy atom. The molecule has 0 fully saturated rings. The lowest BCUT2D eigenvalue weighted by atomic mass is 10.2. The predicted molar refractivity (Wildman–Crippen MR) is 36.5 cm³/mol. The van der Waals surface area contributed by atoms with Gasteiger partial charge in [-0.15, -0.1) is 11.6 Å². The van der Waals surface area contributed by atoms with Crippen molar-refractivity contribution in [3.63, 3.8) is 0 Å². The third kappa shape index (κ3) is 1.47. The summed E-state index contributed by atoms with van der Waals surface area (Å²) in [4.78, 5) is 2.83. The van der Waals surface area contributed by atoms with Crippen LogP contribution in [0.1, 0.15) is 11.7 Å². The first kappa shape index (κ1) is 6.65. The summed E-state index contributed by atoms with van der Waals surface area (Å²) in [5.41, 5.74) is 0.838. The van der Waals surface area contributed by atoms with Crippen molar-refractivity contribution >= 4 is 11.6 Å². The Morgan fingerprint density at radius 1 is 1.78 bits per heavy atom. The smallest absolute Gasteiger partial charge is 0.0939 e. The average molecular weight is 146 g/mol. The average Bonchev–Trinajstić information content (AvgIpc) is 2.37. The van der Waals surface area contributed by atoms with Crippen LogP contribution in [0.2, 0.25) is 0 Å². The summed E-state index contributed by atoms with van der Waals surface area (Å²) in [6.45, 7) is 0. The molecule has 0 aliphatic rings. The molecule has 0 saturated carbocycles. The molecule has 0 aliphatic heterocycles. The van der Waals surface area contributed by atoms with Gasteiger partial charge in [0, 0.05) is 12.4 Å². The molecule has 50 valence electrons. The summed E-state index contributed by atoms with van der Waals surface area (Å²) in [6.07, 6.45) is 2.95. The van der Waals surface area contributed by atoms with Gasteiger partial charge in [-0.05, 0) is 11.6 Å². The van der Waals surface area contributed by atoms with Crippen LogP contribution >= 0.6 is 11.6 Å². The predicted octanol–water partition coefficient (Wildman–Crippen LogP) is 1.29. The number of H-pyrrole nitrogens is 1. The fourth-order valence-electron chi connectivity index (χ4n) is 0.633. The van der Waals surface area contributed by atoms with Gasteiger partial charge in [-0.1, -0.05) is 0 Å². The zero-order valence-electron chi connectivity index (χ0n) is 4.84. The molecule has 1 aromatic heterocycles. The fraction of sp³-hybridized carbons (Fsp3) is 0.333. The molecule has 0 amide bonds. The fourth-order valence-corrected chi connectivity index (χ4v) is 0.811. The summed E-state index contributed by atoms with van der Waals surface area (Å²) in [6, 6.07) is 1.80. The molecule has 0 aliphatic carbocycles. The van der Waals surface area contributed by atoms with Crippen molar-refractivity contribution in [1.29, 1.82) is 0 Å². The first-order valence-electron chi connectivity index (χ1n) is 2.71. The second kappa shape index (κ2) is 2.90. The standard InChI is InChI=1S/C6H8ClNO/c7-3-6(9)5-1-2-8-4-5/h1-2,4,6,8-9H,3H2. The highest BCUT2D eigenvalue weighted by molar-refractivity contribution is 6.18. The van der Waals surface area contributed by atoms with Crippen molar-refractivity contribution in [2.45, 2.75) is 6.10 Å². The molecule has 0 saturated heterocycles. The molecule has 0 radical (unpaired) electrons. The molecule has 0 aromatic carbocycles. The van der Waals surface area contributed by atoms with E-state index in [4.69, 9.17) is 16.7 Å². The highest BCUT2D eigenvalue weighted by Gasteiger charge is 2.03. The van der Waals surface area contributed by atoms with E-state index in [0.29, 0.717) is 0 Å². The van der Waals surface area contributed by atoms with Crippen LogP contribution in [0.25, 0.3) is 0 Å². The third-order valence-corrected chi connectivity index (χ3v) is 1.45. The molecule has 1 heterocycles. The van der Waals surface area contributed by atoms with Gasteiger partial charge in [-0.25, -0.2) is 0 Å². The van der Waals surface area contributed by atoms with Gasteiger partial charge in [0.25, 0.3) is 0 Å². The molecule has 1 atom stereocenters. The topological polar surface area (TPSA) is 36.0 Å². The van der Waals surface area contributed by atoms with Crippen molar-refractivity contribution in [2.24, 2.45) is 0 Å². The normalized spacial score (nSPS) is 13.6. The van der Waals surface area contributed by atoms with Crippen molar-refractivity contribution in [2.75, 3.05) is 5.88 Å². The van der Waals surface area contributed by atoms with Crippen LogP contribution in [0.4, 0.5) is 0 Å². The number of aromatic amines is 1. The second-order valence-electron chi connectivity index (χ2n) is 1.81. The van der Waals surface area contributed by atoms with Crippen LogP contribution < -0.4 is 0 Å². The Morgan fingerprint density at radius 3 is 3.00 bits per heavy atom. The zero-order chi connectivity index (χ0) is 6.69. The van der Waals surface area contributed by atoms with E-state index in [1.165, 1.54) is 0 Å². The van der Waals surface area contributed by atoms with Gasteiger partial charge < -0.3 is 10.1 Å². The highest BCUT2D eigenvalue weighted by atomic mass is 35.5. The minimum Gasteiger partial charge on any atom is -0.387 e. The molecular weight excluding hydrogens is 138 g/mol. The van der Waals surface area contributed by atoms with Gasteiger partial charge in [0.05, 0.1) is 12.0 Å². The number of hydrogen-bond donors (Lipinski definition) is 2. The number of hydrogen-bond acceptors (Lipinski definition) is 1. The molecular formula is C6H8ClNO. The quantitative estimate of drug-likeness (QED) is 0.605. The summed E-state index contributed by atoms with van der Waals surface area (Å²) in [5, 5.41) is 9.07. The Hall–Kier alpha value is -0.470. The van der Waals surface area contributed by atoms with E-state index in [0.717, 1.165) is 5.56 Å².